The monoisotopic (exact) mass is 1770 g/mol. The molecular weight excluding hydrogens is 1620 g/mol. The lowest BCUT2D eigenvalue weighted by Crippen LogP contribution is -2.15. The molecule has 12 nitrogen and oxygen atoms in total. The summed E-state index contributed by atoms with van der Waals surface area (Å²) in [5, 5.41) is 9.65. The molecule has 0 aromatic heterocycles. The number of para-hydroxylation sites is 2. The molecule has 9 aromatic carbocycles. The Morgan fingerprint density at radius 1 is 0.352 bits per heavy atom. The molecule has 122 heavy (non-hydrogen) atoms. The third kappa shape index (κ3) is 37.2. The van der Waals surface area contributed by atoms with Crippen LogP contribution in [0.4, 0.5) is 8.78 Å². The highest BCUT2D eigenvalue weighted by Gasteiger charge is 2.28. The van der Waals surface area contributed by atoms with E-state index in [4.69, 9.17) is 59.3 Å². The number of aromatic carboxylic acids is 1. The van der Waals surface area contributed by atoms with Gasteiger partial charge in [-0.1, -0.05) is 287 Å². The lowest BCUT2D eigenvalue weighted by Gasteiger charge is -2.24. The Labute approximate surface area is 749 Å². The fraction of sp³-hybridized carbons (Fsp3) is 0.472. The number of alkyl halides is 1. The molecule has 0 aliphatic rings. The van der Waals surface area contributed by atoms with E-state index < -0.39 is 12.3 Å². The van der Waals surface area contributed by atoms with Crippen molar-refractivity contribution in [2.24, 2.45) is 0 Å². The summed E-state index contributed by atoms with van der Waals surface area (Å²) in [6.07, 6.45) is -1.27. The average molecular weight is 1770 g/mol. The van der Waals surface area contributed by atoms with Gasteiger partial charge in [-0.2, -0.15) is 0 Å². The Hall–Kier alpha value is -9.05. The number of carbonyl (C=O) groups excluding carboxylic acids is 1. The molecule has 0 aliphatic carbocycles. The van der Waals surface area contributed by atoms with Gasteiger partial charge in [0.25, 0.3) is 0 Å². The van der Waals surface area contributed by atoms with Gasteiger partial charge in [-0.05, 0) is 213 Å². The number of esters is 1. The van der Waals surface area contributed by atoms with Crippen molar-refractivity contribution in [3.63, 3.8) is 0 Å². The smallest absolute Gasteiger partial charge is 0.338 e. The number of rotatable bonds is 12. The quantitative estimate of drug-likeness (QED) is 0.117. The van der Waals surface area contributed by atoms with Gasteiger partial charge in [-0.15, -0.1) is 0 Å². The molecule has 674 valence electrons. The second-order valence-corrected chi connectivity index (χ2v) is 40.2. The van der Waals surface area contributed by atoms with E-state index >= 15 is 0 Å². The van der Waals surface area contributed by atoms with Gasteiger partial charge in [-0.25, -0.2) is 18.4 Å². The molecule has 0 heterocycles. The summed E-state index contributed by atoms with van der Waals surface area (Å²) < 4.78 is 74.3. The number of halogens is 4. The lowest BCUT2D eigenvalue weighted by molar-refractivity contribution is 0.0525. The summed E-state index contributed by atoms with van der Waals surface area (Å²) in [5.41, 5.74) is 14.8. The predicted molar refractivity (Wildman–Crippen MR) is 513 cm³/mol. The molecule has 0 saturated heterocycles. The molecule has 9 aromatic rings. The first kappa shape index (κ1) is 111. The van der Waals surface area contributed by atoms with Gasteiger partial charge in [0.05, 0.1) is 67.5 Å². The van der Waals surface area contributed by atoms with Crippen molar-refractivity contribution in [3.05, 3.63) is 269 Å². The second-order valence-electron chi connectivity index (χ2n) is 38.9. The zero-order chi connectivity index (χ0) is 94.2. The van der Waals surface area contributed by atoms with Crippen LogP contribution in [0.3, 0.4) is 0 Å². The first-order valence-electron chi connectivity index (χ1n) is 41.5. The topological polar surface area (TPSA) is 137 Å². The van der Waals surface area contributed by atoms with Crippen molar-refractivity contribution >= 4 is 39.5 Å². The van der Waals surface area contributed by atoms with Crippen molar-refractivity contribution in [3.8, 4) is 46.0 Å². The van der Waals surface area contributed by atoms with Crippen LogP contribution in [0.1, 0.15) is 288 Å². The van der Waals surface area contributed by atoms with E-state index in [1.54, 1.807) is 93.1 Å². The Balaban J connectivity index is 0.000000687. The number of benzene rings is 9. The highest BCUT2D eigenvalue weighted by atomic mass is 79.9. The summed E-state index contributed by atoms with van der Waals surface area (Å²) in [5.74, 6) is 5.68. The summed E-state index contributed by atoms with van der Waals surface area (Å²) in [7, 11) is 11.8. The van der Waals surface area contributed by atoms with Crippen LogP contribution in [0.25, 0.3) is 0 Å². The molecule has 1 N–H and O–H groups in total. The molecule has 0 radical (unpaired) electrons. The predicted octanol–water partition coefficient (Wildman–Crippen LogP) is 30.0. The van der Waals surface area contributed by atoms with E-state index in [1.165, 1.54) is 46.4 Å². The number of carbonyl (C=O) groups is 2. The second kappa shape index (κ2) is 48.9. The SMILES string of the molecule is CC(F)Oc1ccccc1C(C)(C)C.CCOC(=O)c1ccc(OC)c(C(C)(C)C)c1.COc1ccc(Br)cc1C(C)(C)C.COc1ccc(C(=O)O)cc1C(C)(C)C.COc1ccc(Cl)cc1C(C)(C)C.COc1cccc(C)c1C(C)(C)C.COc1cccc(C)c1C(C)(C)C.COc1ccccc1C(C)(C)C.Cc1cccc(F)c1C(C)(C)C. The summed E-state index contributed by atoms with van der Waals surface area (Å²) in [4.78, 5) is 22.5. The van der Waals surface area contributed by atoms with Crippen molar-refractivity contribution in [2.75, 3.05) is 56.4 Å². The van der Waals surface area contributed by atoms with E-state index in [0.717, 1.165) is 83.1 Å². The van der Waals surface area contributed by atoms with Crippen LogP contribution >= 0.6 is 27.5 Å². The summed E-state index contributed by atoms with van der Waals surface area (Å²) in [6, 6.07) is 55.4. The minimum atomic E-state index is -1.27. The van der Waals surface area contributed by atoms with Crippen LogP contribution in [0.5, 0.6) is 46.0 Å². The van der Waals surface area contributed by atoms with Gasteiger partial charge in [0.2, 0.25) is 6.36 Å². The van der Waals surface area contributed by atoms with Crippen LogP contribution in [-0.4, -0.2) is 79.8 Å². The van der Waals surface area contributed by atoms with E-state index in [1.807, 2.05) is 158 Å². The molecule has 0 spiro atoms. The van der Waals surface area contributed by atoms with E-state index in [9.17, 15) is 18.4 Å². The molecule has 0 saturated carbocycles. The molecule has 1 unspecified atom stereocenters. The van der Waals surface area contributed by atoms with Crippen molar-refractivity contribution in [1.29, 1.82) is 0 Å². The molecule has 1 atom stereocenters. The van der Waals surface area contributed by atoms with Gasteiger partial charge < -0.3 is 47.7 Å². The van der Waals surface area contributed by atoms with E-state index in [-0.39, 0.29) is 60.5 Å². The third-order valence-corrected chi connectivity index (χ3v) is 19.7. The van der Waals surface area contributed by atoms with Crippen LogP contribution in [0.15, 0.2) is 180 Å². The van der Waals surface area contributed by atoms with Gasteiger partial charge in [0.15, 0.2) is 0 Å². The first-order valence-corrected chi connectivity index (χ1v) is 42.7. The van der Waals surface area contributed by atoms with Crippen molar-refractivity contribution in [1.82, 2.24) is 0 Å². The highest BCUT2D eigenvalue weighted by molar-refractivity contribution is 9.10. The Bertz CT molecular complexity index is 4540. The molecular formula is C106H150BrClF2O12. The first-order chi connectivity index (χ1) is 56.0. The van der Waals surface area contributed by atoms with Crippen LogP contribution in [0, 0.1) is 26.6 Å². The zero-order valence-corrected chi connectivity index (χ0v) is 83.8. The van der Waals surface area contributed by atoms with E-state index in [0.29, 0.717) is 23.5 Å². The average Bonchev–Trinajstić information content (AvgIpc) is 0.809. The minimum absolute atomic E-state index is 0.0223. The molecule has 0 bridgehead atoms. The Morgan fingerprint density at radius 2 is 0.639 bits per heavy atom. The number of aryl methyl sites for hydroxylation is 3. The number of hydrogen-bond acceptors (Lipinski definition) is 11. The minimum Gasteiger partial charge on any atom is -0.496 e. The highest BCUT2D eigenvalue weighted by Crippen LogP contribution is 2.40. The van der Waals surface area contributed by atoms with Crippen LogP contribution < -0.4 is 37.9 Å². The van der Waals surface area contributed by atoms with Crippen LogP contribution in [-0.2, 0) is 53.5 Å². The molecule has 16 heteroatoms. The maximum Gasteiger partial charge on any atom is 0.338 e. The normalized spacial score (nSPS) is 11.7. The van der Waals surface area contributed by atoms with Crippen molar-refractivity contribution < 1.29 is 66.1 Å². The fourth-order valence-corrected chi connectivity index (χ4v) is 13.9. The number of ether oxygens (including phenoxy) is 9. The number of methoxy groups -OCH3 is 7. The van der Waals surface area contributed by atoms with Gasteiger partial charge in [-0.3, -0.25) is 0 Å². The number of carboxylic acid groups (broad SMARTS) is 1. The summed E-state index contributed by atoms with van der Waals surface area (Å²) >= 11 is 9.39. The molecule has 9 rings (SSSR count). The standard InChI is InChI=1S/C14H20O3.C12H17FO.C12H16O3.2C12H18O.C11H15BrO.C11H15ClO.C11H15F.C11H16O/c1-6-17-13(15)10-7-8-12(16-5)11(9-10)14(2,3)4;1-9(13)14-11-8-6-5-7-10(11)12(2,3)4;1-12(2,3)9-7-8(11(13)14)5-6-10(9)15-4;2*1-9-7-6-8-10(13-5)11(9)12(2,3)4;2*1-11(2,3)9-7-8(12)5-6-10(9)13-4;1-8-6-5-7-9(12)10(8)11(2,3)4;1-11(2,3)9-7-5-6-8-10(9)12-4/h7-9H,6H2,1-5H3;5-9H,1-4H3;5-7H,1-4H3,(H,13,14);2*6-8H,1-5H3;2*5-7H,1-4H3;5-7H,1-4H3;5-8H,1-4H3. The maximum atomic E-state index is 13.3. The lowest BCUT2D eigenvalue weighted by atomic mass is 9.83. The molecule has 0 amide bonds. The molecule has 0 aliphatic heterocycles. The fourth-order valence-electron chi connectivity index (χ4n) is 13.3. The summed E-state index contributed by atoms with van der Waals surface area (Å²) in [6.45, 7) is 67.2. The van der Waals surface area contributed by atoms with Gasteiger partial charge in [0, 0.05) is 49.8 Å². The Morgan fingerprint density at radius 3 is 0.951 bits per heavy atom. The van der Waals surface area contributed by atoms with E-state index in [2.05, 4.69) is 199 Å². The number of hydrogen-bond donors (Lipinski definition) is 1. The van der Waals surface area contributed by atoms with Crippen LogP contribution in [0.2, 0.25) is 5.02 Å². The van der Waals surface area contributed by atoms with Gasteiger partial charge >= 0.3 is 11.9 Å². The maximum absolute atomic E-state index is 13.3. The van der Waals surface area contributed by atoms with Crippen molar-refractivity contribution in [2.45, 2.75) is 277 Å². The number of carboxylic acids is 1. The Kier molecular flexibility index (Phi) is 44.4. The molecule has 0 fully saturated rings. The zero-order valence-electron chi connectivity index (χ0n) is 81.5. The third-order valence-electron chi connectivity index (χ3n) is 19.0. The largest absolute Gasteiger partial charge is 0.496 e. The van der Waals surface area contributed by atoms with Gasteiger partial charge in [0.1, 0.15) is 51.8 Å².